The van der Waals surface area contributed by atoms with Crippen molar-refractivity contribution in [3.8, 4) is 0 Å². The number of halogens is 1. The summed E-state index contributed by atoms with van der Waals surface area (Å²) in [7, 11) is 1.28. The smallest absolute Gasteiger partial charge is 0.328 e. The standard InChI is InChI=1S/C16H18FNO3/c1-21-16(20)14(10-11-6-8-13(17)9-7-11)18-15(19)12-4-2-3-5-12/h2-3,6-9,12,14H,4-5,10H2,1H3,(H,18,19)/t14-/m1/s1. The molecule has 0 bridgehead atoms. The van der Waals surface area contributed by atoms with Crippen molar-refractivity contribution in [3.05, 3.63) is 47.8 Å². The van der Waals surface area contributed by atoms with Crippen LogP contribution in [0, 0.1) is 11.7 Å². The van der Waals surface area contributed by atoms with E-state index >= 15 is 0 Å². The van der Waals surface area contributed by atoms with E-state index in [1.165, 1.54) is 19.2 Å². The average molecular weight is 291 g/mol. The fourth-order valence-electron chi connectivity index (χ4n) is 2.31. The van der Waals surface area contributed by atoms with E-state index in [1.54, 1.807) is 12.1 Å². The number of esters is 1. The molecule has 1 aromatic rings. The van der Waals surface area contributed by atoms with E-state index in [4.69, 9.17) is 4.74 Å². The van der Waals surface area contributed by atoms with E-state index in [9.17, 15) is 14.0 Å². The number of methoxy groups -OCH3 is 1. The zero-order valence-corrected chi connectivity index (χ0v) is 11.8. The third kappa shape index (κ3) is 4.15. The van der Waals surface area contributed by atoms with Crippen LogP contribution in [-0.2, 0) is 20.7 Å². The molecule has 5 heteroatoms. The molecule has 1 N–H and O–H groups in total. The summed E-state index contributed by atoms with van der Waals surface area (Å²) in [5, 5.41) is 2.73. The molecule has 0 aliphatic heterocycles. The van der Waals surface area contributed by atoms with E-state index < -0.39 is 12.0 Å². The average Bonchev–Trinajstić information content (AvgIpc) is 3.02. The predicted octanol–water partition coefficient (Wildman–Crippen LogP) is 1.99. The van der Waals surface area contributed by atoms with Gasteiger partial charge in [0.1, 0.15) is 11.9 Å². The fourth-order valence-corrected chi connectivity index (χ4v) is 2.31. The molecule has 0 unspecified atom stereocenters. The van der Waals surface area contributed by atoms with E-state index in [2.05, 4.69) is 5.32 Å². The monoisotopic (exact) mass is 291 g/mol. The van der Waals surface area contributed by atoms with Gasteiger partial charge < -0.3 is 10.1 Å². The molecule has 2 rings (SSSR count). The van der Waals surface area contributed by atoms with Gasteiger partial charge in [-0.1, -0.05) is 24.3 Å². The normalized spacial score (nSPS) is 15.7. The summed E-state index contributed by atoms with van der Waals surface area (Å²) in [6, 6.07) is 5.08. The minimum absolute atomic E-state index is 0.120. The number of allylic oxidation sites excluding steroid dienone is 2. The Morgan fingerprint density at radius 2 is 1.90 bits per heavy atom. The first-order chi connectivity index (χ1) is 10.1. The van der Waals surface area contributed by atoms with E-state index in [0.717, 1.165) is 5.56 Å². The largest absolute Gasteiger partial charge is 0.467 e. The van der Waals surface area contributed by atoms with Gasteiger partial charge in [-0.15, -0.1) is 0 Å². The molecule has 4 nitrogen and oxygen atoms in total. The summed E-state index contributed by atoms with van der Waals surface area (Å²) in [5.74, 6) is -1.11. The number of hydrogen-bond acceptors (Lipinski definition) is 3. The Bertz CT molecular complexity index is 531. The Labute approximate surface area is 123 Å². The van der Waals surface area contributed by atoms with Gasteiger partial charge in [0.2, 0.25) is 5.91 Å². The van der Waals surface area contributed by atoms with Crippen LogP contribution in [-0.4, -0.2) is 25.0 Å². The zero-order valence-electron chi connectivity index (χ0n) is 11.8. The lowest BCUT2D eigenvalue weighted by molar-refractivity contribution is -0.145. The summed E-state index contributed by atoms with van der Waals surface area (Å²) < 4.78 is 17.6. The minimum Gasteiger partial charge on any atom is -0.467 e. The number of ether oxygens (including phenoxy) is 1. The first-order valence-corrected chi connectivity index (χ1v) is 6.88. The van der Waals surface area contributed by atoms with Crippen molar-refractivity contribution in [3.63, 3.8) is 0 Å². The molecule has 1 aliphatic carbocycles. The molecule has 0 heterocycles. The molecule has 0 radical (unpaired) electrons. The van der Waals surface area contributed by atoms with E-state index in [-0.39, 0.29) is 24.1 Å². The Balaban J connectivity index is 2.02. The number of amides is 1. The van der Waals surface area contributed by atoms with Crippen molar-refractivity contribution in [2.24, 2.45) is 5.92 Å². The topological polar surface area (TPSA) is 55.4 Å². The van der Waals surface area contributed by atoms with Gasteiger partial charge in [0.15, 0.2) is 0 Å². The van der Waals surface area contributed by atoms with Crippen molar-refractivity contribution in [1.82, 2.24) is 5.32 Å². The van der Waals surface area contributed by atoms with Gasteiger partial charge in [-0.25, -0.2) is 9.18 Å². The third-order valence-electron chi connectivity index (χ3n) is 3.53. The quantitative estimate of drug-likeness (QED) is 0.667. The molecule has 0 spiro atoms. The maximum atomic E-state index is 12.9. The van der Waals surface area contributed by atoms with Crippen molar-refractivity contribution in [1.29, 1.82) is 0 Å². The SMILES string of the molecule is COC(=O)[C@@H](Cc1ccc(F)cc1)NC(=O)C1CC=CC1. The molecular weight excluding hydrogens is 273 g/mol. The fraction of sp³-hybridized carbons (Fsp3) is 0.375. The highest BCUT2D eigenvalue weighted by atomic mass is 19.1. The number of carbonyl (C=O) groups is 2. The van der Waals surface area contributed by atoms with Crippen LogP contribution in [0.25, 0.3) is 0 Å². The Morgan fingerprint density at radius 3 is 2.48 bits per heavy atom. The summed E-state index contributed by atoms with van der Waals surface area (Å²) in [6.07, 6.45) is 5.57. The lowest BCUT2D eigenvalue weighted by Gasteiger charge is -2.19. The highest BCUT2D eigenvalue weighted by molar-refractivity contribution is 5.86. The molecule has 0 aromatic heterocycles. The van der Waals surface area contributed by atoms with Crippen LogP contribution in [0.5, 0.6) is 0 Å². The Kier molecular flexibility index (Phi) is 5.09. The van der Waals surface area contributed by atoms with Gasteiger partial charge in [0.05, 0.1) is 7.11 Å². The van der Waals surface area contributed by atoms with Gasteiger partial charge in [0, 0.05) is 12.3 Å². The molecule has 112 valence electrons. The van der Waals surface area contributed by atoms with Gasteiger partial charge in [0.25, 0.3) is 0 Å². The second-order valence-electron chi connectivity index (χ2n) is 5.05. The molecule has 1 atom stereocenters. The third-order valence-corrected chi connectivity index (χ3v) is 3.53. The number of benzene rings is 1. The first kappa shape index (κ1) is 15.2. The van der Waals surface area contributed by atoms with Gasteiger partial charge in [-0.05, 0) is 30.5 Å². The molecular formula is C16H18FNO3. The lowest BCUT2D eigenvalue weighted by atomic mass is 10.0. The maximum Gasteiger partial charge on any atom is 0.328 e. The van der Waals surface area contributed by atoms with Crippen molar-refractivity contribution in [2.45, 2.75) is 25.3 Å². The maximum absolute atomic E-state index is 12.9. The molecule has 1 aliphatic rings. The molecule has 1 amide bonds. The second kappa shape index (κ2) is 7.02. The molecule has 0 saturated carbocycles. The summed E-state index contributed by atoms with van der Waals surface area (Å²) >= 11 is 0. The van der Waals surface area contributed by atoms with Crippen LogP contribution in [0.1, 0.15) is 18.4 Å². The minimum atomic E-state index is -0.756. The van der Waals surface area contributed by atoms with Crippen LogP contribution in [0.2, 0.25) is 0 Å². The molecule has 1 aromatic carbocycles. The molecule has 0 fully saturated rings. The Morgan fingerprint density at radius 1 is 1.29 bits per heavy atom. The van der Waals surface area contributed by atoms with Crippen molar-refractivity contribution < 1.29 is 18.7 Å². The summed E-state index contributed by atoms with van der Waals surface area (Å²) in [5.41, 5.74) is 0.761. The van der Waals surface area contributed by atoms with Gasteiger partial charge in [-0.3, -0.25) is 4.79 Å². The van der Waals surface area contributed by atoms with Crippen LogP contribution in [0.4, 0.5) is 4.39 Å². The summed E-state index contributed by atoms with van der Waals surface area (Å²) in [4.78, 5) is 23.9. The first-order valence-electron chi connectivity index (χ1n) is 6.88. The summed E-state index contributed by atoms with van der Waals surface area (Å²) in [6.45, 7) is 0. The number of hydrogen-bond donors (Lipinski definition) is 1. The second-order valence-corrected chi connectivity index (χ2v) is 5.05. The van der Waals surface area contributed by atoms with Gasteiger partial charge in [-0.2, -0.15) is 0 Å². The highest BCUT2D eigenvalue weighted by Crippen LogP contribution is 2.18. The predicted molar refractivity (Wildman–Crippen MR) is 75.9 cm³/mol. The number of nitrogens with one attached hydrogen (secondary N) is 1. The van der Waals surface area contributed by atoms with Crippen molar-refractivity contribution in [2.75, 3.05) is 7.11 Å². The highest BCUT2D eigenvalue weighted by Gasteiger charge is 2.26. The zero-order chi connectivity index (χ0) is 15.2. The molecule has 21 heavy (non-hydrogen) atoms. The number of carbonyl (C=O) groups excluding carboxylic acids is 2. The molecule has 0 saturated heterocycles. The van der Waals surface area contributed by atoms with Crippen molar-refractivity contribution >= 4 is 11.9 Å². The Hall–Kier alpha value is -2.17. The van der Waals surface area contributed by atoms with Crippen LogP contribution in [0.15, 0.2) is 36.4 Å². The van der Waals surface area contributed by atoms with E-state index in [1.807, 2.05) is 12.2 Å². The van der Waals surface area contributed by atoms with Gasteiger partial charge >= 0.3 is 5.97 Å². The number of rotatable bonds is 5. The van der Waals surface area contributed by atoms with Crippen LogP contribution in [0.3, 0.4) is 0 Å². The van der Waals surface area contributed by atoms with Crippen LogP contribution >= 0.6 is 0 Å². The van der Waals surface area contributed by atoms with E-state index in [0.29, 0.717) is 12.8 Å². The van der Waals surface area contributed by atoms with Crippen LogP contribution < -0.4 is 5.32 Å². The lowest BCUT2D eigenvalue weighted by Crippen LogP contribution is -2.45.